The van der Waals surface area contributed by atoms with Gasteiger partial charge in [-0.15, -0.1) is 13.2 Å². The van der Waals surface area contributed by atoms with E-state index in [-0.39, 0.29) is 11.5 Å². The van der Waals surface area contributed by atoms with Gasteiger partial charge >= 0.3 is 6.36 Å². The van der Waals surface area contributed by atoms with E-state index in [1.165, 1.54) is 18.6 Å². The fourth-order valence-corrected chi connectivity index (χ4v) is 4.06. The van der Waals surface area contributed by atoms with Crippen LogP contribution in [0.2, 0.25) is 0 Å². The highest BCUT2D eigenvalue weighted by Gasteiger charge is 2.32. The SMILES string of the molecule is CCC[C@H]1CC[C@H](c2cc(F)c(C#Cc3ccc(OC(F)(F)F)c(F)c3)c(F)c2)CC1. The Kier molecular flexibility index (Phi) is 7.19. The monoisotopic (exact) mass is 440 g/mol. The minimum Gasteiger partial charge on any atom is -0.403 e. The summed E-state index contributed by atoms with van der Waals surface area (Å²) in [5.74, 6) is 1.58. The van der Waals surface area contributed by atoms with Crippen LogP contribution in [-0.2, 0) is 0 Å². The van der Waals surface area contributed by atoms with Gasteiger partial charge in [0.25, 0.3) is 0 Å². The van der Waals surface area contributed by atoms with Gasteiger partial charge in [-0.2, -0.15) is 0 Å². The van der Waals surface area contributed by atoms with E-state index in [0.29, 0.717) is 17.5 Å². The lowest BCUT2D eigenvalue weighted by molar-refractivity contribution is -0.275. The van der Waals surface area contributed by atoms with Crippen LogP contribution in [0.5, 0.6) is 5.75 Å². The second-order valence-electron chi connectivity index (χ2n) is 7.81. The Morgan fingerprint density at radius 2 is 1.55 bits per heavy atom. The third-order valence-corrected chi connectivity index (χ3v) is 5.57. The van der Waals surface area contributed by atoms with E-state index >= 15 is 0 Å². The Morgan fingerprint density at radius 3 is 2.10 bits per heavy atom. The highest BCUT2D eigenvalue weighted by Crippen LogP contribution is 2.38. The van der Waals surface area contributed by atoms with Crippen molar-refractivity contribution in [1.82, 2.24) is 0 Å². The first-order chi connectivity index (χ1) is 14.7. The van der Waals surface area contributed by atoms with Crippen molar-refractivity contribution < 1.29 is 31.1 Å². The molecule has 0 spiro atoms. The van der Waals surface area contributed by atoms with Crippen LogP contribution in [0.3, 0.4) is 0 Å². The van der Waals surface area contributed by atoms with Crippen molar-refractivity contribution in [2.24, 2.45) is 5.92 Å². The highest BCUT2D eigenvalue weighted by molar-refractivity contribution is 5.47. The first kappa shape index (κ1) is 23.1. The first-order valence-electron chi connectivity index (χ1n) is 10.2. The summed E-state index contributed by atoms with van der Waals surface area (Å²) < 4.78 is 83.0. The van der Waals surface area contributed by atoms with E-state index in [2.05, 4.69) is 23.5 Å². The number of rotatable bonds is 4. The summed E-state index contributed by atoms with van der Waals surface area (Å²) in [5.41, 5.74) is 0.110. The van der Waals surface area contributed by atoms with Gasteiger partial charge in [-0.1, -0.05) is 31.6 Å². The summed E-state index contributed by atoms with van der Waals surface area (Å²) in [6, 6.07) is 5.14. The molecule has 1 fully saturated rings. The zero-order chi connectivity index (χ0) is 22.6. The van der Waals surface area contributed by atoms with Crippen molar-refractivity contribution in [2.45, 2.75) is 57.7 Å². The number of alkyl halides is 3. The summed E-state index contributed by atoms with van der Waals surface area (Å²) in [5, 5.41) is 0. The van der Waals surface area contributed by atoms with Crippen LogP contribution in [0.25, 0.3) is 0 Å². The molecule has 0 aromatic heterocycles. The molecule has 0 bridgehead atoms. The number of hydrogen-bond donors (Lipinski definition) is 0. The van der Waals surface area contributed by atoms with Gasteiger partial charge in [0, 0.05) is 5.56 Å². The molecule has 0 amide bonds. The van der Waals surface area contributed by atoms with E-state index < -0.39 is 35.1 Å². The van der Waals surface area contributed by atoms with Crippen molar-refractivity contribution in [1.29, 1.82) is 0 Å². The van der Waals surface area contributed by atoms with Crippen molar-refractivity contribution in [2.75, 3.05) is 0 Å². The van der Waals surface area contributed by atoms with Crippen LogP contribution in [-0.4, -0.2) is 6.36 Å². The summed E-state index contributed by atoms with van der Waals surface area (Å²) >= 11 is 0. The first-order valence-corrected chi connectivity index (χ1v) is 10.2. The van der Waals surface area contributed by atoms with Crippen LogP contribution in [0, 0.1) is 35.2 Å². The van der Waals surface area contributed by atoms with E-state index in [1.54, 1.807) is 0 Å². The van der Waals surface area contributed by atoms with Crippen LogP contribution < -0.4 is 4.74 Å². The van der Waals surface area contributed by atoms with Gasteiger partial charge in [0.05, 0.1) is 5.56 Å². The normalized spacial score (nSPS) is 18.9. The molecule has 0 N–H and O–H groups in total. The fourth-order valence-electron chi connectivity index (χ4n) is 4.06. The Balaban J connectivity index is 1.75. The lowest BCUT2D eigenvalue weighted by atomic mass is 9.77. The smallest absolute Gasteiger partial charge is 0.403 e. The molecule has 0 saturated heterocycles. The average Bonchev–Trinajstić information content (AvgIpc) is 2.69. The number of benzene rings is 2. The molecule has 1 aliphatic carbocycles. The molecule has 0 radical (unpaired) electrons. The standard InChI is InChI=1S/C24H22F6O/c1-2-3-15-4-8-17(9-5-15)18-13-20(25)19(21(26)14-18)10-6-16-7-11-23(22(27)12-16)31-24(28,29)30/h7,11-15,17H,2-5,8-9H2,1H3/t15-,17-. The van der Waals surface area contributed by atoms with Gasteiger partial charge in [0.2, 0.25) is 0 Å². The number of halogens is 6. The fraction of sp³-hybridized carbons (Fsp3) is 0.417. The van der Waals surface area contributed by atoms with Crippen LogP contribution >= 0.6 is 0 Å². The quantitative estimate of drug-likeness (QED) is 0.354. The molecule has 0 atom stereocenters. The second-order valence-corrected chi connectivity index (χ2v) is 7.81. The number of hydrogen-bond acceptors (Lipinski definition) is 1. The topological polar surface area (TPSA) is 9.23 Å². The Labute approximate surface area is 177 Å². The van der Waals surface area contributed by atoms with Crippen molar-refractivity contribution in [3.63, 3.8) is 0 Å². The molecule has 31 heavy (non-hydrogen) atoms. The largest absolute Gasteiger partial charge is 0.573 e. The van der Waals surface area contributed by atoms with Gasteiger partial charge in [0.1, 0.15) is 11.6 Å². The zero-order valence-corrected chi connectivity index (χ0v) is 17.0. The summed E-state index contributed by atoms with van der Waals surface area (Å²) in [6.45, 7) is 2.15. The van der Waals surface area contributed by atoms with Gasteiger partial charge < -0.3 is 4.74 Å². The summed E-state index contributed by atoms with van der Waals surface area (Å²) in [6.07, 6.45) is 1.14. The lowest BCUT2D eigenvalue weighted by Crippen LogP contribution is -2.17. The second kappa shape index (κ2) is 9.67. The van der Waals surface area contributed by atoms with E-state index in [9.17, 15) is 26.3 Å². The highest BCUT2D eigenvalue weighted by atomic mass is 19.4. The molecule has 7 heteroatoms. The van der Waals surface area contributed by atoms with Crippen LogP contribution in [0.4, 0.5) is 26.3 Å². The van der Waals surface area contributed by atoms with E-state index in [0.717, 1.165) is 44.2 Å². The van der Waals surface area contributed by atoms with Gasteiger partial charge in [0.15, 0.2) is 11.6 Å². The Bertz CT molecular complexity index is 955. The Morgan fingerprint density at radius 1 is 0.903 bits per heavy atom. The van der Waals surface area contributed by atoms with E-state index in [4.69, 9.17) is 0 Å². The molecule has 0 heterocycles. The van der Waals surface area contributed by atoms with Crippen molar-refractivity contribution in [3.05, 3.63) is 64.5 Å². The molecular formula is C24H22F6O. The minimum atomic E-state index is -5.03. The third kappa shape index (κ3) is 6.19. The molecule has 0 unspecified atom stereocenters. The molecule has 1 nitrogen and oxygen atoms in total. The maximum absolute atomic E-state index is 14.5. The molecule has 1 aliphatic rings. The number of ether oxygens (including phenoxy) is 1. The summed E-state index contributed by atoms with van der Waals surface area (Å²) in [4.78, 5) is 0. The Hall–Kier alpha value is -2.62. The van der Waals surface area contributed by atoms with Gasteiger partial charge in [-0.05, 0) is 73.4 Å². The zero-order valence-electron chi connectivity index (χ0n) is 17.0. The third-order valence-electron chi connectivity index (χ3n) is 5.57. The van der Waals surface area contributed by atoms with Crippen LogP contribution in [0.1, 0.15) is 68.1 Å². The lowest BCUT2D eigenvalue weighted by Gasteiger charge is -2.28. The molecule has 166 valence electrons. The summed E-state index contributed by atoms with van der Waals surface area (Å²) in [7, 11) is 0. The van der Waals surface area contributed by atoms with Gasteiger partial charge in [-0.3, -0.25) is 0 Å². The molecular weight excluding hydrogens is 418 g/mol. The molecule has 1 saturated carbocycles. The van der Waals surface area contributed by atoms with E-state index in [1.807, 2.05) is 0 Å². The molecule has 0 aliphatic heterocycles. The van der Waals surface area contributed by atoms with Gasteiger partial charge in [-0.25, -0.2) is 13.2 Å². The molecule has 2 aromatic rings. The van der Waals surface area contributed by atoms with Crippen LogP contribution in [0.15, 0.2) is 30.3 Å². The minimum absolute atomic E-state index is 0.0378. The van der Waals surface area contributed by atoms with Crippen molar-refractivity contribution in [3.8, 4) is 17.6 Å². The predicted octanol–water partition coefficient (Wildman–Crippen LogP) is 7.48. The molecule has 2 aromatic carbocycles. The molecule has 3 rings (SSSR count). The maximum atomic E-state index is 14.5. The predicted molar refractivity (Wildman–Crippen MR) is 105 cm³/mol. The average molecular weight is 440 g/mol. The van der Waals surface area contributed by atoms with Crippen molar-refractivity contribution >= 4 is 0 Å². The maximum Gasteiger partial charge on any atom is 0.573 e.